The zero-order valence-electron chi connectivity index (χ0n) is 16.2. The van der Waals surface area contributed by atoms with Crippen molar-refractivity contribution < 1.29 is 4.79 Å². The van der Waals surface area contributed by atoms with Crippen molar-refractivity contribution in [1.82, 2.24) is 25.3 Å². The Hall–Kier alpha value is -2.19. The van der Waals surface area contributed by atoms with E-state index < -0.39 is 0 Å². The van der Waals surface area contributed by atoms with Gasteiger partial charge >= 0.3 is 0 Å². The summed E-state index contributed by atoms with van der Waals surface area (Å²) in [6.45, 7) is 6.17. The highest BCUT2D eigenvalue weighted by atomic mass is 32.2. The van der Waals surface area contributed by atoms with Gasteiger partial charge in [-0.05, 0) is 57.2 Å². The van der Waals surface area contributed by atoms with E-state index in [-0.39, 0.29) is 11.9 Å². The normalized spacial score (nSPS) is 16.0. The zero-order chi connectivity index (χ0) is 19.7. The number of aryl methyl sites for hydroxylation is 2. The number of benzene rings is 1. The fourth-order valence-corrected chi connectivity index (χ4v) is 5.21. The van der Waals surface area contributed by atoms with E-state index >= 15 is 0 Å². The SMILES string of the molecule is Cc1nnc(SCC(=O)NC2CCCc3c2cnn3-c2cccc(C)c2C)s1. The first-order valence-electron chi connectivity index (χ1n) is 9.38. The lowest BCUT2D eigenvalue weighted by atomic mass is 9.92. The summed E-state index contributed by atoms with van der Waals surface area (Å²) in [5.74, 6) is 0.376. The molecular formula is C20H23N5OS2. The molecular weight excluding hydrogens is 390 g/mol. The fraction of sp³-hybridized carbons (Fsp3) is 0.400. The molecule has 0 saturated carbocycles. The van der Waals surface area contributed by atoms with Crippen molar-refractivity contribution in [3.05, 3.63) is 51.8 Å². The number of nitrogens with one attached hydrogen (secondary N) is 1. The second-order valence-electron chi connectivity index (χ2n) is 7.07. The van der Waals surface area contributed by atoms with Crippen molar-refractivity contribution in [2.24, 2.45) is 0 Å². The van der Waals surface area contributed by atoms with Gasteiger partial charge in [0.05, 0.1) is 23.7 Å². The number of aromatic nitrogens is 4. The Morgan fingerprint density at radius 2 is 2.18 bits per heavy atom. The Bertz CT molecular complexity index is 1010. The monoisotopic (exact) mass is 413 g/mol. The Balaban J connectivity index is 1.49. The molecule has 28 heavy (non-hydrogen) atoms. The summed E-state index contributed by atoms with van der Waals surface area (Å²) in [7, 11) is 0. The minimum atomic E-state index is 0.0203. The summed E-state index contributed by atoms with van der Waals surface area (Å²) in [5, 5.41) is 16.8. The molecule has 1 unspecified atom stereocenters. The molecule has 4 rings (SSSR count). The van der Waals surface area contributed by atoms with Gasteiger partial charge in [-0.2, -0.15) is 5.10 Å². The first kappa shape index (κ1) is 19.1. The summed E-state index contributed by atoms with van der Waals surface area (Å²) in [5.41, 5.74) is 5.96. The molecule has 6 nitrogen and oxygen atoms in total. The molecule has 0 saturated heterocycles. The predicted octanol–water partition coefficient (Wildman–Crippen LogP) is 3.93. The highest BCUT2D eigenvalue weighted by molar-refractivity contribution is 8.01. The summed E-state index contributed by atoms with van der Waals surface area (Å²) >= 11 is 2.95. The molecule has 146 valence electrons. The van der Waals surface area contributed by atoms with Crippen molar-refractivity contribution in [2.75, 3.05) is 5.75 Å². The molecule has 0 fully saturated rings. The summed E-state index contributed by atoms with van der Waals surface area (Å²) < 4.78 is 2.88. The van der Waals surface area contributed by atoms with Gasteiger partial charge in [-0.3, -0.25) is 4.79 Å². The van der Waals surface area contributed by atoms with Crippen molar-refractivity contribution in [1.29, 1.82) is 0 Å². The van der Waals surface area contributed by atoms with Gasteiger partial charge in [0.1, 0.15) is 5.01 Å². The maximum Gasteiger partial charge on any atom is 0.230 e. The van der Waals surface area contributed by atoms with Crippen LogP contribution in [0, 0.1) is 20.8 Å². The average molecular weight is 414 g/mol. The van der Waals surface area contributed by atoms with E-state index in [0.29, 0.717) is 5.75 Å². The fourth-order valence-electron chi connectivity index (χ4n) is 3.58. The van der Waals surface area contributed by atoms with Crippen LogP contribution < -0.4 is 5.32 Å². The van der Waals surface area contributed by atoms with Crippen LogP contribution in [0.2, 0.25) is 0 Å². The number of carbonyl (C=O) groups excluding carboxylic acids is 1. The molecule has 2 aromatic heterocycles. The van der Waals surface area contributed by atoms with E-state index in [4.69, 9.17) is 0 Å². The number of thioether (sulfide) groups is 1. The van der Waals surface area contributed by atoms with Gasteiger partial charge in [-0.1, -0.05) is 35.2 Å². The topological polar surface area (TPSA) is 72.7 Å². The highest BCUT2D eigenvalue weighted by Gasteiger charge is 2.26. The lowest BCUT2D eigenvalue weighted by Gasteiger charge is -2.24. The van der Waals surface area contributed by atoms with Crippen LogP contribution >= 0.6 is 23.1 Å². The Kier molecular flexibility index (Phi) is 5.50. The molecule has 3 aromatic rings. The van der Waals surface area contributed by atoms with Gasteiger partial charge in [-0.15, -0.1) is 10.2 Å². The minimum Gasteiger partial charge on any atom is -0.348 e. The molecule has 1 aliphatic rings. The molecule has 1 aromatic carbocycles. The molecule has 1 aliphatic carbocycles. The smallest absolute Gasteiger partial charge is 0.230 e. The Morgan fingerprint density at radius 3 is 2.96 bits per heavy atom. The number of hydrogen-bond acceptors (Lipinski definition) is 6. The second kappa shape index (κ2) is 8.05. The third-order valence-corrected chi connectivity index (χ3v) is 7.13. The van der Waals surface area contributed by atoms with Gasteiger partial charge < -0.3 is 5.32 Å². The van der Waals surface area contributed by atoms with Gasteiger partial charge in [0.25, 0.3) is 0 Å². The molecule has 0 spiro atoms. The lowest BCUT2D eigenvalue weighted by molar-refractivity contribution is -0.119. The molecule has 1 atom stereocenters. The summed E-state index contributed by atoms with van der Waals surface area (Å²) in [4.78, 5) is 12.5. The van der Waals surface area contributed by atoms with Crippen molar-refractivity contribution in [2.45, 2.75) is 50.4 Å². The minimum absolute atomic E-state index is 0.0203. The third kappa shape index (κ3) is 3.84. The van der Waals surface area contributed by atoms with Crippen LogP contribution in [-0.2, 0) is 11.2 Å². The zero-order valence-corrected chi connectivity index (χ0v) is 17.9. The molecule has 0 radical (unpaired) electrons. The molecule has 0 bridgehead atoms. The van der Waals surface area contributed by atoms with Crippen molar-refractivity contribution in [3.8, 4) is 5.69 Å². The quantitative estimate of drug-likeness (QED) is 0.642. The summed E-state index contributed by atoms with van der Waals surface area (Å²) in [6.07, 6.45) is 4.88. The van der Waals surface area contributed by atoms with E-state index in [1.54, 1.807) is 0 Å². The largest absolute Gasteiger partial charge is 0.348 e. The van der Waals surface area contributed by atoms with Gasteiger partial charge in [0.2, 0.25) is 5.91 Å². The molecule has 1 N–H and O–H groups in total. The van der Waals surface area contributed by atoms with Crippen molar-refractivity contribution >= 4 is 29.0 Å². The van der Waals surface area contributed by atoms with Crippen LogP contribution in [0.15, 0.2) is 28.7 Å². The molecule has 1 amide bonds. The van der Waals surface area contributed by atoms with Crippen LogP contribution in [0.3, 0.4) is 0 Å². The van der Waals surface area contributed by atoms with Crippen molar-refractivity contribution in [3.63, 3.8) is 0 Å². The van der Waals surface area contributed by atoms with E-state index in [9.17, 15) is 4.79 Å². The predicted molar refractivity (Wildman–Crippen MR) is 112 cm³/mol. The third-order valence-electron chi connectivity index (χ3n) is 5.16. The van der Waals surface area contributed by atoms with Gasteiger partial charge in [-0.25, -0.2) is 4.68 Å². The van der Waals surface area contributed by atoms with Crippen LogP contribution in [-0.4, -0.2) is 31.6 Å². The standard InChI is InChI=1S/C20H23N5OS2/c1-12-6-4-8-17(13(12)2)25-18-9-5-7-16(15(18)10-21-25)22-19(26)11-27-20-24-23-14(3)28-20/h4,6,8,10,16H,5,7,9,11H2,1-3H3,(H,22,26). The van der Waals surface area contributed by atoms with Crippen LogP contribution in [0.5, 0.6) is 0 Å². The number of hydrogen-bond donors (Lipinski definition) is 1. The maximum absolute atomic E-state index is 12.5. The maximum atomic E-state index is 12.5. The number of amides is 1. The van der Waals surface area contributed by atoms with Crippen LogP contribution in [0.1, 0.15) is 46.3 Å². The van der Waals surface area contributed by atoms with Gasteiger partial charge in [0, 0.05) is 11.3 Å². The van der Waals surface area contributed by atoms with E-state index in [1.165, 1.54) is 39.9 Å². The number of nitrogens with zero attached hydrogens (tertiary/aromatic N) is 4. The first-order valence-corrected chi connectivity index (χ1v) is 11.2. The van der Waals surface area contributed by atoms with Gasteiger partial charge in [0.15, 0.2) is 4.34 Å². The molecule has 8 heteroatoms. The van der Waals surface area contributed by atoms with E-state index in [0.717, 1.165) is 39.9 Å². The van der Waals surface area contributed by atoms with Crippen LogP contribution in [0.25, 0.3) is 5.69 Å². The average Bonchev–Trinajstić information content (AvgIpc) is 3.29. The second-order valence-corrected chi connectivity index (χ2v) is 9.47. The van der Waals surface area contributed by atoms with E-state index in [1.807, 2.05) is 13.1 Å². The van der Waals surface area contributed by atoms with Crippen LogP contribution in [0.4, 0.5) is 0 Å². The highest BCUT2D eigenvalue weighted by Crippen LogP contribution is 2.32. The first-order chi connectivity index (χ1) is 13.5. The Labute approximate surface area is 172 Å². The molecule has 2 heterocycles. The lowest BCUT2D eigenvalue weighted by Crippen LogP contribution is -2.32. The van der Waals surface area contributed by atoms with E-state index in [2.05, 4.69) is 57.3 Å². The summed E-state index contributed by atoms with van der Waals surface area (Å²) in [6, 6.07) is 6.32. The number of rotatable bonds is 5. The molecule has 0 aliphatic heterocycles. The number of carbonyl (C=O) groups is 1. The Morgan fingerprint density at radius 1 is 1.32 bits per heavy atom. The number of fused-ring (bicyclic) bond motifs is 1.